The van der Waals surface area contributed by atoms with Crippen molar-refractivity contribution in [3.63, 3.8) is 0 Å². The van der Waals surface area contributed by atoms with Crippen LogP contribution in [0.3, 0.4) is 0 Å². The van der Waals surface area contributed by atoms with Crippen molar-refractivity contribution in [1.29, 1.82) is 0 Å². The summed E-state index contributed by atoms with van der Waals surface area (Å²) in [5.74, 6) is 0.780. The molecule has 4 aromatic rings. The minimum absolute atomic E-state index is 0.0127. The molecule has 6 rings (SSSR count). The molecule has 2 aliphatic rings. The van der Waals surface area contributed by atoms with E-state index in [4.69, 9.17) is 4.74 Å². The predicted octanol–water partition coefficient (Wildman–Crippen LogP) is 6.31. The van der Waals surface area contributed by atoms with Crippen molar-refractivity contribution in [1.82, 2.24) is 15.1 Å². The Morgan fingerprint density at radius 2 is 1.79 bits per heavy atom. The van der Waals surface area contributed by atoms with E-state index in [1.165, 1.54) is 45.1 Å². The highest BCUT2D eigenvalue weighted by Gasteiger charge is 2.22. The van der Waals surface area contributed by atoms with Crippen LogP contribution >= 0.6 is 11.3 Å². The number of carbonyl (C=O) groups is 1. The van der Waals surface area contributed by atoms with Crippen molar-refractivity contribution in [3.8, 4) is 5.75 Å². The Bertz CT molecular complexity index is 1410. The Morgan fingerprint density at radius 3 is 2.63 bits per heavy atom. The first-order chi connectivity index (χ1) is 18.6. The molecule has 198 valence electrons. The number of likely N-dealkylation sites (tertiary alicyclic amines) is 2. The summed E-state index contributed by atoms with van der Waals surface area (Å²) in [6.45, 7) is 4.89. The van der Waals surface area contributed by atoms with E-state index in [0.29, 0.717) is 18.2 Å². The SMILES string of the molecule is CN1CCCC1CCNC(=O)c1cccc(OC2CCN(Cc3ccc4sc5ccccc5c4c3)CC2)c1. The number of benzene rings is 3. The summed E-state index contributed by atoms with van der Waals surface area (Å²) in [7, 11) is 2.18. The van der Waals surface area contributed by atoms with E-state index in [1.807, 2.05) is 35.6 Å². The van der Waals surface area contributed by atoms with E-state index in [1.54, 1.807) is 0 Å². The molecular formula is C32H37N3O2S. The van der Waals surface area contributed by atoms with Gasteiger partial charge in [0.1, 0.15) is 11.9 Å². The molecule has 3 heterocycles. The van der Waals surface area contributed by atoms with Crippen LogP contribution in [0.5, 0.6) is 5.75 Å². The fourth-order valence-electron chi connectivity index (χ4n) is 6.02. The van der Waals surface area contributed by atoms with Crippen molar-refractivity contribution in [2.75, 3.05) is 33.2 Å². The summed E-state index contributed by atoms with van der Waals surface area (Å²) in [6.07, 6.45) is 5.68. The van der Waals surface area contributed by atoms with Crippen molar-refractivity contribution in [2.24, 2.45) is 0 Å². The lowest BCUT2D eigenvalue weighted by molar-refractivity contribution is 0.0934. The fourth-order valence-corrected chi connectivity index (χ4v) is 7.10. The molecule has 2 aliphatic heterocycles. The lowest BCUT2D eigenvalue weighted by Gasteiger charge is -2.32. The molecule has 0 spiro atoms. The zero-order valence-electron chi connectivity index (χ0n) is 22.2. The normalized spacial score (nSPS) is 19.3. The maximum absolute atomic E-state index is 12.7. The fraction of sp³-hybridized carbons (Fsp3) is 0.406. The first-order valence-corrected chi connectivity index (χ1v) is 14.8. The minimum Gasteiger partial charge on any atom is -0.490 e. The van der Waals surface area contributed by atoms with Crippen LogP contribution in [0, 0.1) is 0 Å². The van der Waals surface area contributed by atoms with Crippen LogP contribution in [0.4, 0.5) is 0 Å². The van der Waals surface area contributed by atoms with E-state index in [0.717, 1.165) is 44.6 Å². The summed E-state index contributed by atoms with van der Waals surface area (Å²) in [6, 6.07) is 23.9. The lowest BCUT2D eigenvalue weighted by atomic mass is 10.1. The molecule has 0 aliphatic carbocycles. The van der Waals surface area contributed by atoms with Crippen LogP contribution in [-0.4, -0.2) is 61.1 Å². The molecule has 1 unspecified atom stereocenters. The zero-order valence-corrected chi connectivity index (χ0v) is 23.0. The predicted molar refractivity (Wildman–Crippen MR) is 157 cm³/mol. The summed E-state index contributed by atoms with van der Waals surface area (Å²) in [5, 5.41) is 5.83. The van der Waals surface area contributed by atoms with Crippen LogP contribution in [0.25, 0.3) is 20.2 Å². The first-order valence-electron chi connectivity index (χ1n) is 14.0. The standard InChI is InChI=1S/C32H37N3O2S/c1-34-17-5-7-25(34)13-16-33-32(36)24-6-4-8-27(21-24)37-26-14-18-35(19-15-26)22-23-11-12-31-29(20-23)28-9-2-3-10-30(28)38-31/h2-4,6,8-12,20-21,25-26H,5,7,13-19,22H2,1H3,(H,33,36). The van der Waals surface area contributed by atoms with Crippen LogP contribution in [-0.2, 0) is 6.54 Å². The molecule has 0 radical (unpaired) electrons. The molecule has 6 heteroatoms. The maximum atomic E-state index is 12.7. The van der Waals surface area contributed by atoms with Crippen LogP contribution < -0.4 is 10.1 Å². The minimum atomic E-state index is -0.0127. The number of carbonyl (C=O) groups excluding carboxylic acids is 1. The smallest absolute Gasteiger partial charge is 0.251 e. The number of amides is 1. The van der Waals surface area contributed by atoms with E-state index >= 15 is 0 Å². The maximum Gasteiger partial charge on any atom is 0.251 e. The molecule has 1 amide bonds. The molecule has 2 fully saturated rings. The Morgan fingerprint density at radius 1 is 0.947 bits per heavy atom. The number of nitrogens with one attached hydrogen (secondary N) is 1. The summed E-state index contributed by atoms with van der Waals surface area (Å²) in [5.41, 5.74) is 2.05. The quantitative estimate of drug-likeness (QED) is 0.292. The summed E-state index contributed by atoms with van der Waals surface area (Å²) in [4.78, 5) is 17.6. The van der Waals surface area contributed by atoms with Gasteiger partial charge in [-0.1, -0.05) is 30.3 Å². The molecular weight excluding hydrogens is 490 g/mol. The van der Waals surface area contributed by atoms with Gasteiger partial charge in [-0.15, -0.1) is 11.3 Å². The summed E-state index contributed by atoms with van der Waals surface area (Å²) < 4.78 is 9.05. The number of thiophene rings is 1. The Hall–Kier alpha value is -2.93. The Balaban J connectivity index is 0.994. The third-order valence-electron chi connectivity index (χ3n) is 8.22. The van der Waals surface area contributed by atoms with Gasteiger partial charge in [0, 0.05) is 58.0 Å². The van der Waals surface area contributed by atoms with Gasteiger partial charge in [-0.25, -0.2) is 0 Å². The molecule has 1 aromatic heterocycles. The van der Waals surface area contributed by atoms with E-state index in [2.05, 4.69) is 64.6 Å². The van der Waals surface area contributed by atoms with E-state index in [-0.39, 0.29) is 12.0 Å². The highest BCUT2D eigenvalue weighted by molar-refractivity contribution is 7.25. The van der Waals surface area contributed by atoms with Crippen molar-refractivity contribution >= 4 is 37.4 Å². The average Bonchev–Trinajstić information content (AvgIpc) is 3.52. The number of ether oxygens (including phenoxy) is 1. The van der Waals surface area contributed by atoms with Crippen molar-refractivity contribution in [2.45, 2.75) is 50.8 Å². The number of rotatable bonds is 8. The van der Waals surface area contributed by atoms with Crippen LogP contribution in [0.2, 0.25) is 0 Å². The number of hydrogen-bond donors (Lipinski definition) is 1. The second-order valence-corrected chi connectivity index (χ2v) is 12.0. The second-order valence-electron chi connectivity index (χ2n) is 10.9. The molecule has 38 heavy (non-hydrogen) atoms. The Labute approximate surface area is 229 Å². The third kappa shape index (κ3) is 5.73. The first kappa shape index (κ1) is 25.4. The molecule has 5 nitrogen and oxygen atoms in total. The number of hydrogen-bond acceptors (Lipinski definition) is 5. The molecule has 3 aromatic carbocycles. The van der Waals surface area contributed by atoms with Gasteiger partial charge >= 0.3 is 0 Å². The van der Waals surface area contributed by atoms with Crippen LogP contribution in [0.15, 0.2) is 66.7 Å². The highest BCUT2D eigenvalue weighted by atomic mass is 32.1. The zero-order chi connectivity index (χ0) is 25.9. The van der Waals surface area contributed by atoms with Crippen molar-refractivity contribution < 1.29 is 9.53 Å². The van der Waals surface area contributed by atoms with Gasteiger partial charge in [0.2, 0.25) is 0 Å². The second kappa shape index (κ2) is 11.4. The Kier molecular flexibility index (Phi) is 7.63. The van der Waals surface area contributed by atoms with Gasteiger partial charge in [0.15, 0.2) is 0 Å². The topological polar surface area (TPSA) is 44.8 Å². The van der Waals surface area contributed by atoms with E-state index < -0.39 is 0 Å². The van der Waals surface area contributed by atoms with Gasteiger partial charge in [0.25, 0.3) is 5.91 Å². The van der Waals surface area contributed by atoms with E-state index in [9.17, 15) is 4.79 Å². The van der Waals surface area contributed by atoms with Gasteiger partial charge in [-0.3, -0.25) is 9.69 Å². The molecule has 1 atom stereocenters. The lowest BCUT2D eigenvalue weighted by Crippen LogP contribution is -2.37. The molecule has 0 saturated carbocycles. The third-order valence-corrected chi connectivity index (χ3v) is 9.37. The average molecular weight is 528 g/mol. The highest BCUT2D eigenvalue weighted by Crippen LogP contribution is 2.34. The largest absolute Gasteiger partial charge is 0.490 e. The molecule has 0 bridgehead atoms. The van der Waals surface area contributed by atoms with Crippen LogP contribution in [0.1, 0.15) is 48.0 Å². The number of fused-ring (bicyclic) bond motifs is 3. The monoisotopic (exact) mass is 527 g/mol. The van der Waals surface area contributed by atoms with Crippen molar-refractivity contribution in [3.05, 3.63) is 77.9 Å². The van der Waals surface area contributed by atoms with Gasteiger partial charge < -0.3 is 15.0 Å². The van der Waals surface area contributed by atoms with Gasteiger partial charge in [-0.2, -0.15) is 0 Å². The number of piperidine rings is 1. The summed E-state index contributed by atoms with van der Waals surface area (Å²) >= 11 is 1.87. The van der Waals surface area contributed by atoms with Gasteiger partial charge in [0.05, 0.1) is 0 Å². The molecule has 1 N–H and O–H groups in total. The number of nitrogens with zero attached hydrogens (tertiary/aromatic N) is 2. The molecule has 2 saturated heterocycles. The van der Waals surface area contributed by atoms with Gasteiger partial charge in [-0.05, 0) is 87.7 Å².